The third-order valence-corrected chi connectivity index (χ3v) is 5.07. The van der Waals surface area contributed by atoms with Crippen LogP contribution in [0, 0.1) is 0 Å². The normalized spacial score (nSPS) is 14.6. The van der Waals surface area contributed by atoms with Gasteiger partial charge in [-0.3, -0.25) is 0 Å². The first-order valence-electron chi connectivity index (χ1n) is 8.79. The van der Waals surface area contributed by atoms with Crippen LogP contribution in [0.1, 0.15) is 11.8 Å². The Morgan fingerprint density at radius 2 is 1.72 bits per heavy atom. The van der Waals surface area contributed by atoms with Crippen molar-refractivity contribution >= 4 is 17.4 Å². The van der Waals surface area contributed by atoms with Crippen molar-refractivity contribution in [3.63, 3.8) is 0 Å². The molecule has 1 aliphatic heterocycles. The highest BCUT2D eigenvalue weighted by atomic mass is 32.2. The molecule has 150 valence electrons. The number of benzene rings is 2. The lowest BCUT2D eigenvalue weighted by molar-refractivity contribution is 0.213. The molecule has 0 radical (unpaired) electrons. The minimum atomic E-state index is -0.639. The minimum Gasteiger partial charge on any atom is -0.496 e. The minimum absolute atomic E-state index is 0.381. The van der Waals surface area contributed by atoms with Gasteiger partial charge in [0.15, 0.2) is 5.69 Å². The summed E-state index contributed by atoms with van der Waals surface area (Å²) in [6.45, 7) is 0. The summed E-state index contributed by atoms with van der Waals surface area (Å²) in [4.78, 5) is 4.53. The third kappa shape index (κ3) is 3.49. The van der Waals surface area contributed by atoms with E-state index in [9.17, 15) is 0 Å². The fraction of sp³-hybridized carbons (Fsp3) is 0.250. The van der Waals surface area contributed by atoms with Gasteiger partial charge in [-0.25, -0.2) is 0 Å². The summed E-state index contributed by atoms with van der Waals surface area (Å²) < 4.78 is 22.9. The van der Waals surface area contributed by atoms with Crippen LogP contribution in [0.2, 0.25) is 0 Å². The predicted molar refractivity (Wildman–Crippen MR) is 110 cm³/mol. The second-order valence-electron chi connectivity index (χ2n) is 6.09. The summed E-state index contributed by atoms with van der Waals surface area (Å²) in [6.07, 6.45) is 1.25. The molecule has 3 aromatic rings. The second kappa shape index (κ2) is 8.04. The van der Waals surface area contributed by atoms with Gasteiger partial charge in [-0.2, -0.15) is 4.98 Å². The molecule has 1 unspecified atom stereocenters. The Morgan fingerprint density at radius 1 is 1.00 bits per heavy atom. The number of ether oxygens (including phenoxy) is 4. The molecule has 2 heterocycles. The molecule has 1 aliphatic rings. The summed E-state index contributed by atoms with van der Waals surface area (Å²) in [6, 6.07) is 11.3. The molecule has 1 aromatic heterocycles. The molecule has 2 aromatic carbocycles. The van der Waals surface area contributed by atoms with Crippen LogP contribution in [0.4, 0.5) is 5.69 Å². The standard InChI is InChI=1S/C20H20N4O4S/c1-25-11-9-14(26-2)16(15(10-11)27-3)18-21-13-8-6-5-7-12(13)17-19(28-18)22-20(29-4)24-23-17/h5-10,18,21H,1-4H3. The zero-order valence-electron chi connectivity index (χ0n) is 16.4. The van der Waals surface area contributed by atoms with E-state index in [2.05, 4.69) is 20.5 Å². The second-order valence-corrected chi connectivity index (χ2v) is 6.86. The van der Waals surface area contributed by atoms with E-state index in [0.29, 0.717) is 39.5 Å². The topological polar surface area (TPSA) is 87.6 Å². The number of anilines is 1. The molecule has 1 N–H and O–H groups in total. The van der Waals surface area contributed by atoms with Gasteiger partial charge in [0.2, 0.25) is 17.3 Å². The van der Waals surface area contributed by atoms with Crippen LogP contribution in [0.5, 0.6) is 23.1 Å². The van der Waals surface area contributed by atoms with E-state index in [1.807, 2.05) is 30.5 Å². The van der Waals surface area contributed by atoms with Gasteiger partial charge in [-0.1, -0.05) is 30.0 Å². The lowest BCUT2D eigenvalue weighted by Crippen LogP contribution is -2.19. The van der Waals surface area contributed by atoms with E-state index in [1.54, 1.807) is 33.5 Å². The van der Waals surface area contributed by atoms with Crippen LogP contribution in [0.25, 0.3) is 11.3 Å². The SMILES string of the molecule is COc1cc(OC)c(C2Nc3ccccc3-c3nnc(SC)nc3O2)c(OC)c1. The molecule has 0 spiro atoms. The Morgan fingerprint density at radius 3 is 2.38 bits per heavy atom. The molecule has 29 heavy (non-hydrogen) atoms. The number of thioether (sulfide) groups is 1. The van der Waals surface area contributed by atoms with Crippen molar-refractivity contribution in [2.45, 2.75) is 11.4 Å². The lowest BCUT2D eigenvalue weighted by Gasteiger charge is -2.23. The van der Waals surface area contributed by atoms with Crippen molar-refractivity contribution in [3.8, 4) is 34.4 Å². The molecule has 0 fully saturated rings. The van der Waals surface area contributed by atoms with Crippen molar-refractivity contribution in [3.05, 3.63) is 42.0 Å². The van der Waals surface area contributed by atoms with Crippen molar-refractivity contribution in [2.75, 3.05) is 32.9 Å². The molecule has 8 nitrogen and oxygen atoms in total. The van der Waals surface area contributed by atoms with Gasteiger partial charge in [0.25, 0.3) is 0 Å². The first-order valence-corrected chi connectivity index (χ1v) is 10.0. The molecule has 0 aliphatic carbocycles. The Balaban J connectivity index is 1.91. The maximum Gasteiger partial charge on any atom is 0.247 e. The number of nitrogens with one attached hydrogen (secondary N) is 1. The highest BCUT2D eigenvalue weighted by Gasteiger charge is 2.30. The number of para-hydroxylation sites is 1. The molecule has 0 saturated heterocycles. The van der Waals surface area contributed by atoms with Crippen LogP contribution < -0.4 is 24.3 Å². The number of aromatic nitrogens is 3. The number of nitrogens with zero attached hydrogens (tertiary/aromatic N) is 3. The van der Waals surface area contributed by atoms with Crippen LogP contribution in [-0.4, -0.2) is 42.8 Å². The van der Waals surface area contributed by atoms with Gasteiger partial charge in [0, 0.05) is 23.4 Å². The zero-order valence-corrected chi connectivity index (χ0v) is 17.2. The molecule has 0 bridgehead atoms. The Labute approximate surface area is 172 Å². The molecule has 9 heteroatoms. The maximum atomic E-state index is 6.29. The van der Waals surface area contributed by atoms with Crippen LogP contribution in [-0.2, 0) is 0 Å². The monoisotopic (exact) mass is 412 g/mol. The van der Waals surface area contributed by atoms with E-state index >= 15 is 0 Å². The molecule has 0 saturated carbocycles. The first-order chi connectivity index (χ1) is 14.2. The van der Waals surface area contributed by atoms with Gasteiger partial charge in [-0.05, 0) is 12.3 Å². The Hall–Kier alpha value is -3.20. The molecule has 1 atom stereocenters. The van der Waals surface area contributed by atoms with E-state index in [-0.39, 0.29) is 0 Å². The van der Waals surface area contributed by atoms with E-state index < -0.39 is 6.23 Å². The van der Waals surface area contributed by atoms with Crippen LogP contribution >= 0.6 is 11.8 Å². The van der Waals surface area contributed by atoms with Crippen molar-refractivity contribution in [1.82, 2.24) is 15.2 Å². The van der Waals surface area contributed by atoms with Gasteiger partial charge in [-0.15, -0.1) is 10.2 Å². The average molecular weight is 412 g/mol. The lowest BCUT2D eigenvalue weighted by atomic mass is 10.1. The summed E-state index contributed by atoms with van der Waals surface area (Å²) in [5.74, 6) is 2.12. The fourth-order valence-corrected chi connectivity index (χ4v) is 3.45. The molecule has 4 rings (SSSR count). The largest absolute Gasteiger partial charge is 0.496 e. The number of hydrogen-bond acceptors (Lipinski definition) is 9. The summed E-state index contributed by atoms with van der Waals surface area (Å²) >= 11 is 1.40. The quantitative estimate of drug-likeness (QED) is 0.629. The summed E-state index contributed by atoms with van der Waals surface area (Å²) in [5.41, 5.74) is 2.94. The number of hydrogen-bond donors (Lipinski definition) is 1. The van der Waals surface area contributed by atoms with Crippen LogP contribution in [0.15, 0.2) is 41.6 Å². The third-order valence-electron chi connectivity index (χ3n) is 4.53. The summed E-state index contributed by atoms with van der Waals surface area (Å²) in [5, 5.41) is 12.5. The van der Waals surface area contributed by atoms with E-state index in [1.165, 1.54) is 11.8 Å². The van der Waals surface area contributed by atoms with Gasteiger partial charge in [0.1, 0.15) is 17.2 Å². The molecular formula is C20H20N4O4S. The smallest absolute Gasteiger partial charge is 0.247 e. The maximum absolute atomic E-state index is 6.29. The van der Waals surface area contributed by atoms with Gasteiger partial charge in [0.05, 0.1) is 26.9 Å². The van der Waals surface area contributed by atoms with Gasteiger partial charge >= 0.3 is 0 Å². The zero-order chi connectivity index (χ0) is 20.4. The van der Waals surface area contributed by atoms with Crippen molar-refractivity contribution in [2.24, 2.45) is 0 Å². The highest BCUT2D eigenvalue weighted by molar-refractivity contribution is 7.98. The van der Waals surface area contributed by atoms with E-state index in [4.69, 9.17) is 18.9 Å². The van der Waals surface area contributed by atoms with Crippen molar-refractivity contribution < 1.29 is 18.9 Å². The van der Waals surface area contributed by atoms with E-state index in [0.717, 1.165) is 11.3 Å². The number of methoxy groups -OCH3 is 3. The first kappa shape index (κ1) is 19.1. The van der Waals surface area contributed by atoms with Crippen molar-refractivity contribution in [1.29, 1.82) is 0 Å². The van der Waals surface area contributed by atoms with Gasteiger partial charge < -0.3 is 24.3 Å². The summed E-state index contributed by atoms with van der Waals surface area (Å²) in [7, 11) is 4.77. The highest BCUT2D eigenvalue weighted by Crippen LogP contribution is 2.44. The average Bonchev–Trinajstić information content (AvgIpc) is 2.93. The Kier molecular flexibility index (Phi) is 5.30. The fourth-order valence-electron chi connectivity index (χ4n) is 3.16. The predicted octanol–water partition coefficient (Wildman–Crippen LogP) is 3.79. The molecule has 0 amide bonds. The number of rotatable bonds is 5. The molecular weight excluding hydrogens is 392 g/mol. The number of fused-ring (bicyclic) bond motifs is 3. The Bertz CT molecular complexity index is 1020. The van der Waals surface area contributed by atoms with Crippen LogP contribution in [0.3, 0.4) is 0 Å².